The van der Waals surface area contributed by atoms with Crippen LogP contribution < -0.4 is 5.32 Å². The van der Waals surface area contributed by atoms with Crippen LogP contribution in [-0.2, 0) is 62.0 Å². The van der Waals surface area contributed by atoms with Crippen LogP contribution in [0, 0.1) is 23.7 Å². The third kappa shape index (κ3) is 9.29. The van der Waals surface area contributed by atoms with Crippen molar-refractivity contribution in [3.63, 3.8) is 0 Å². The molecule has 1 N–H and O–H groups in total. The Morgan fingerprint density at radius 3 is 2.12 bits per heavy atom. The number of nitrogens with one attached hydrogen (secondary N) is 1. The summed E-state index contributed by atoms with van der Waals surface area (Å²) >= 11 is 0. The van der Waals surface area contributed by atoms with E-state index in [2.05, 4.69) is 5.32 Å². The number of Topliss-reactive ketones (excluding diaryl/α,β-unsaturated/α-hetero) is 1. The standard InChI is InChI=1S/C38H59N3O15/c1-13-25-38(9)31(39-35(47)55-38)20(4)28(45)18(2)17-37(8,49-12)32(54-34-30(51-23(7)42)24(40(10)11)16-19(3)50-34)21(5)29(22(6)33(46)52-25)53-36(48)56-41-26(43)14-15-27(41)44/h18-22,24-25,29-32,34H,13-17H2,1-12H3,(H,39,47)/t18-,19-,20+,21+,22-,24+,25-,29+,30-,31-,32-,34+,37-,38-/m1/s1. The van der Waals surface area contributed by atoms with Gasteiger partial charge in [-0.15, -0.1) is 0 Å². The number of ketones is 1. The first-order valence-electron chi connectivity index (χ1n) is 19.3. The highest BCUT2D eigenvalue weighted by Gasteiger charge is 2.58. The summed E-state index contributed by atoms with van der Waals surface area (Å²) in [6.45, 7) is 14.6. The highest BCUT2D eigenvalue weighted by atomic mass is 16.8. The number of hydrogen-bond donors (Lipinski definition) is 1. The lowest BCUT2D eigenvalue weighted by atomic mass is 9.73. The lowest BCUT2D eigenvalue weighted by Gasteiger charge is -2.48. The zero-order chi connectivity index (χ0) is 42.0. The average molecular weight is 798 g/mol. The van der Waals surface area contributed by atoms with Gasteiger partial charge >= 0.3 is 24.2 Å². The van der Waals surface area contributed by atoms with Crippen LogP contribution in [-0.4, -0.2) is 133 Å². The maximum atomic E-state index is 14.3. The number of alkyl carbamates (subject to hydrolysis) is 1. The van der Waals surface area contributed by atoms with E-state index in [0.717, 1.165) is 0 Å². The van der Waals surface area contributed by atoms with Crippen LogP contribution in [0.1, 0.15) is 94.4 Å². The van der Waals surface area contributed by atoms with Crippen LogP contribution in [0.2, 0.25) is 0 Å². The number of imide groups is 1. The summed E-state index contributed by atoms with van der Waals surface area (Å²) < 4.78 is 42.8. The largest absolute Gasteiger partial charge is 0.534 e. The predicted molar refractivity (Wildman–Crippen MR) is 193 cm³/mol. The van der Waals surface area contributed by atoms with Crippen LogP contribution in [0.4, 0.5) is 9.59 Å². The summed E-state index contributed by atoms with van der Waals surface area (Å²) in [4.78, 5) is 98.9. The van der Waals surface area contributed by atoms with E-state index in [1.165, 1.54) is 21.0 Å². The molecule has 0 radical (unpaired) electrons. The Morgan fingerprint density at radius 1 is 0.946 bits per heavy atom. The van der Waals surface area contributed by atoms with E-state index in [1.807, 2.05) is 25.9 Å². The number of carbonyl (C=O) groups is 7. The van der Waals surface area contributed by atoms with Gasteiger partial charge in [-0.1, -0.05) is 32.8 Å². The van der Waals surface area contributed by atoms with Crippen LogP contribution >= 0.6 is 0 Å². The molecule has 0 aromatic rings. The Morgan fingerprint density at radius 2 is 1.57 bits per heavy atom. The number of nitrogens with zero attached hydrogens (tertiary/aromatic N) is 2. The first-order chi connectivity index (χ1) is 26.1. The fourth-order valence-electron chi connectivity index (χ4n) is 8.70. The maximum absolute atomic E-state index is 14.3. The van der Waals surface area contributed by atoms with E-state index < -0.39 is 108 Å². The van der Waals surface area contributed by atoms with Crippen molar-refractivity contribution in [3.05, 3.63) is 0 Å². The molecule has 4 rings (SSSR count). The lowest BCUT2D eigenvalue weighted by molar-refractivity contribution is -0.304. The minimum Gasteiger partial charge on any atom is -0.458 e. The van der Waals surface area contributed by atoms with E-state index >= 15 is 0 Å². The fourth-order valence-corrected chi connectivity index (χ4v) is 8.70. The molecule has 4 saturated heterocycles. The number of likely N-dealkylation sites (N-methyl/N-ethyl adjacent to an activating group) is 1. The van der Waals surface area contributed by atoms with E-state index in [9.17, 15) is 33.6 Å². The molecule has 18 nitrogen and oxygen atoms in total. The van der Waals surface area contributed by atoms with Gasteiger partial charge in [0, 0.05) is 44.6 Å². The molecular formula is C38H59N3O15. The van der Waals surface area contributed by atoms with Gasteiger partial charge in [0.1, 0.15) is 18.0 Å². The van der Waals surface area contributed by atoms with Crippen molar-refractivity contribution in [2.24, 2.45) is 23.7 Å². The second-order valence-corrected chi connectivity index (χ2v) is 16.2. The Kier molecular flexibility index (Phi) is 14.2. The number of cyclic esters (lactones) is 1. The molecule has 4 aliphatic rings. The number of ether oxygens (including phenoxy) is 7. The molecule has 0 unspecified atom stereocenters. The monoisotopic (exact) mass is 797 g/mol. The third-order valence-electron chi connectivity index (χ3n) is 11.8. The van der Waals surface area contributed by atoms with Crippen molar-refractivity contribution in [1.29, 1.82) is 0 Å². The molecule has 18 heteroatoms. The second kappa shape index (κ2) is 17.7. The molecule has 0 aromatic heterocycles. The highest BCUT2D eigenvalue weighted by molar-refractivity contribution is 6.01. The number of methoxy groups -OCH3 is 1. The van der Waals surface area contributed by atoms with Gasteiger partial charge in [-0.25, -0.2) is 9.59 Å². The lowest BCUT2D eigenvalue weighted by Crippen LogP contribution is -2.61. The number of amides is 3. The zero-order valence-electron chi connectivity index (χ0n) is 34.5. The van der Waals surface area contributed by atoms with E-state index in [4.69, 9.17) is 38.0 Å². The van der Waals surface area contributed by atoms with Gasteiger partial charge in [0.15, 0.2) is 18.0 Å². The van der Waals surface area contributed by atoms with Gasteiger partial charge < -0.3 is 43.4 Å². The molecule has 0 aromatic carbocycles. The molecule has 0 aliphatic carbocycles. The molecule has 4 heterocycles. The molecule has 56 heavy (non-hydrogen) atoms. The summed E-state index contributed by atoms with van der Waals surface area (Å²) in [5.74, 6) is -7.07. The van der Waals surface area contributed by atoms with Gasteiger partial charge in [-0.3, -0.25) is 28.8 Å². The van der Waals surface area contributed by atoms with Crippen molar-refractivity contribution in [2.75, 3.05) is 21.2 Å². The van der Waals surface area contributed by atoms with Crippen molar-refractivity contribution in [3.8, 4) is 0 Å². The van der Waals surface area contributed by atoms with Gasteiger partial charge in [-0.05, 0) is 61.1 Å². The highest BCUT2D eigenvalue weighted by Crippen LogP contribution is 2.42. The minimum absolute atomic E-state index is 0.0154. The van der Waals surface area contributed by atoms with E-state index in [1.54, 1.807) is 41.5 Å². The van der Waals surface area contributed by atoms with Crippen molar-refractivity contribution >= 4 is 41.8 Å². The quantitative estimate of drug-likeness (QED) is 0.212. The van der Waals surface area contributed by atoms with Gasteiger partial charge in [0.25, 0.3) is 11.8 Å². The van der Waals surface area contributed by atoms with Crippen molar-refractivity contribution in [2.45, 2.75) is 155 Å². The maximum Gasteiger partial charge on any atom is 0.534 e. The minimum atomic E-state index is -1.47. The van der Waals surface area contributed by atoms with Crippen LogP contribution in [0.3, 0.4) is 0 Å². The Balaban J connectivity index is 1.88. The van der Waals surface area contributed by atoms with Crippen LogP contribution in [0.5, 0.6) is 0 Å². The molecule has 14 atom stereocenters. The van der Waals surface area contributed by atoms with E-state index in [-0.39, 0.29) is 43.6 Å². The van der Waals surface area contributed by atoms with Crippen molar-refractivity contribution in [1.82, 2.24) is 15.3 Å². The van der Waals surface area contributed by atoms with Gasteiger partial charge in [0.2, 0.25) is 0 Å². The Bertz CT molecular complexity index is 1510. The molecule has 316 valence electrons. The molecular weight excluding hydrogens is 738 g/mol. The summed E-state index contributed by atoms with van der Waals surface area (Å²) in [5.41, 5.74) is -2.89. The smallest absolute Gasteiger partial charge is 0.458 e. The predicted octanol–water partition coefficient (Wildman–Crippen LogP) is 3.07. The normalized spacial score (nSPS) is 39.9. The Labute approximate surface area is 327 Å². The Hall–Kier alpha value is -3.87. The molecule has 0 saturated carbocycles. The number of hydroxylamine groups is 2. The zero-order valence-corrected chi connectivity index (χ0v) is 34.5. The van der Waals surface area contributed by atoms with Crippen LogP contribution in [0.15, 0.2) is 0 Å². The van der Waals surface area contributed by atoms with Gasteiger partial charge in [0.05, 0.1) is 35.8 Å². The van der Waals surface area contributed by atoms with E-state index in [0.29, 0.717) is 11.5 Å². The SMILES string of the molecule is CC[C@H]1OC(=O)[C@H](C)[C@@H](OC(=O)ON2C(=O)CCC2=O)[C@H](C)[C@@H](O[C@@H]2O[C@H](C)C[C@H](N(C)C)[C@H]2OC(C)=O)[C@](C)(OC)C[C@@H](C)C(=O)[C@H](C)[C@H]2NC(=O)O[C@@]21C. The average Bonchev–Trinajstić information content (AvgIpc) is 3.62. The number of rotatable bonds is 8. The van der Waals surface area contributed by atoms with Gasteiger partial charge in [-0.2, -0.15) is 0 Å². The molecule has 0 bridgehead atoms. The topological polar surface area (TPSA) is 212 Å². The molecule has 4 aliphatic heterocycles. The molecule has 0 spiro atoms. The number of carbonyl (C=O) groups excluding carboxylic acids is 7. The second-order valence-electron chi connectivity index (χ2n) is 16.2. The van der Waals surface area contributed by atoms with Crippen LogP contribution in [0.25, 0.3) is 0 Å². The first-order valence-corrected chi connectivity index (χ1v) is 19.3. The molecule has 4 fully saturated rings. The number of fused-ring (bicyclic) bond motifs is 1. The third-order valence-corrected chi connectivity index (χ3v) is 11.8. The van der Waals surface area contributed by atoms with Crippen molar-refractivity contribution < 1.29 is 71.6 Å². The fraction of sp³-hybridized carbons (Fsp3) is 0.816. The summed E-state index contributed by atoms with van der Waals surface area (Å²) in [7, 11) is 5.09. The number of esters is 2. The summed E-state index contributed by atoms with van der Waals surface area (Å²) in [6, 6.07) is -1.25. The summed E-state index contributed by atoms with van der Waals surface area (Å²) in [6.07, 6.45) is -8.16. The molecule has 3 amide bonds. The summed E-state index contributed by atoms with van der Waals surface area (Å²) in [5, 5.41) is 3.07. The first kappa shape index (κ1) is 44.8. The number of hydrogen-bond acceptors (Lipinski definition) is 16.